The Hall–Kier alpha value is -7.99. The molecule has 0 aliphatic carbocycles. The zero-order valence-electron chi connectivity index (χ0n) is 33.7. The zero-order chi connectivity index (χ0) is 46.8. The van der Waals surface area contributed by atoms with Crippen LogP contribution in [0.5, 0.6) is 0 Å². The molecule has 0 bridgehead atoms. The van der Waals surface area contributed by atoms with Gasteiger partial charge in [0.25, 0.3) is 30.4 Å². The summed E-state index contributed by atoms with van der Waals surface area (Å²) in [7, 11) is -14.0. The van der Waals surface area contributed by atoms with Gasteiger partial charge in [-0.2, -0.15) is 50.8 Å². The van der Waals surface area contributed by atoms with Gasteiger partial charge in [-0.15, -0.1) is 15.3 Å². The Labute approximate surface area is 375 Å². The van der Waals surface area contributed by atoms with Crippen molar-refractivity contribution < 1.29 is 38.9 Å². The van der Waals surface area contributed by atoms with Crippen LogP contribution in [0.15, 0.2) is 207 Å². The molecule has 0 aliphatic heterocycles. The molecular weight excluding hydrogens is 909 g/mol. The molecule has 0 saturated carbocycles. The molecule has 0 fully saturated rings. The third kappa shape index (κ3) is 10.0. The van der Waals surface area contributed by atoms with Gasteiger partial charge in [0.2, 0.25) is 0 Å². The number of benzene rings is 8. The number of nitrogen functional groups attached to an aromatic ring is 2. The van der Waals surface area contributed by atoms with Crippen LogP contribution in [0.1, 0.15) is 0 Å². The lowest BCUT2D eigenvalue weighted by molar-refractivity contribution is 0.481. The number of nitrogens with zero attached hydrogens (tertiary/aromatic N) is 8. The van der Waals surface area contributed by atoms with Gasteiger partial charge in [0, 0.05) is 38.5 Å². The second kappa shape index (κ2) is 17.9. The van der Waals surface area contributed by atoms with Crippen molar-refractivity contribution in [2.75, 3.05) is 11.5 Å². The minimum absolute atomic E-state index is 0.0628. The van der Waals surface area contributed by atoms with Gasteiger partial charge < -0.3 is 11.5 Å². The zero-order valence-corrected chi connectivity index (χ0v) is 36.1. The molecule has 7 N–H and O–H groups in total. The number of hydrogen-bond donors (Lipinski definition) is 5. The van der Waals surface area contributed by atoms with Crippen molar-refractivity contribution in [2.24, 2.45) is 40.9 Å². The molecule has 0 radical (unpaired) electrons. The molecule has 8 aromatic carbocycles. The van der Waals surface area contributed by atoms with Crippen molar-refractivity contribution in [3.05, 3.63) is 152 Å². The topological polar surface area (TPSA) is 314 Å². The molecule has 0 spiro atoms. The first-order chi connectivity index (χ1) is 31.4. The van der Waals surface area contributed by atoms with E-state index in [1.54, 1.807) is 72.8 Å². The van der Waals surface area contributed by atoms with E-state index in [4.69, 9.17) is 11.5 Å². The summed E-state index contributed by atoms with van der Waals surface area (Å²) in [6.45, 7) is 0. The molecular formula is C44H32N10O9S3. The lowest BCUT2D eigenvalue weighted by Crippen LogP contribution is -2.00. The van der Waals surface area contributed by atoms with Crippen LogP contribution < -0.4 is 11.5 Å². The minimum atomic E-state index is -4.77. The van der Waals surface area contributed by atoms with E-state index >= 15 is 0 Å². The van der Waals surface area contributed by atoms with Crippen LogP contribution in [-0.4, -0.2) is 38.9 Å². The molecule has 0 amide bonds. The minimum Gasteiger partial charge on any atom is -0.398 e. The SMILES string of the molecule is Nc1ccc(N=Nc2ccc(N=Nc3ccc(-c4ccc(N=Nc5ccc(N=Nc6ccc(N)c7ccccc67)c(S(=O)(=O)O)c5)cc4)c(S(=O)(=O)O)c3)cc2)c2cc(S(=O)(=O)O)ccc12. The molecule has 66 heavy (non-hydrogen) atoms. The smallest absolute Gasteiger partial charge is 0.296 e. The highest BCUT2D eigenvalue weighted by molar-refractivity contribution is 7.86. The van der Waals surface area contributed by atoms with Gasteiger partial charge in [-0.25, -0.2) is 0 Å². The van der Waals surface area contributed by atoms with Crippen LogP contribution >= 0.6 is 0 Å². The largest absolute Gasteiger partial charge is 0.398 e. The first-order valence-corrected chi connectivity index (χ1v) is 23.4. The first kappa shape index (κ1) is 44.6. The highest BCUT2D eigenvalue weighted by Gasteiger charge is 2.19. The predicted octanol–water partition coefficient (Wildman–Crippen LogP) is 12.2. The van der Waals surface area contributed by atoms with E-state index < -0.39 is 40.1 Å². The molecule has 0 aromatic heterocycles. The maximum Gasteiger partial charge on any atom is 0.296 e. The van der Waals surface area contributed by atoms with E-state index in [9.17, 15) is 38.9 Å². The fraction of sp³-hybridized carbons (Fsp3) is 0. The monoisotopic (exact) mass is 940 g/mol. The molecule has 8 rings (SSSR count). The Kier molecular flexibility index (Phi) is 12.1. The Balaban J connectivity index is 0.968. The van der Waals surface area contributed by atoms with E-state index in [0.717, 1.165) is 17.5 Å². The highest BCUT2D eigenvalue weighted by Crippen LogP contribution is 2.37. The fourth-order valence-corrected chi connectivity index (χ4v) is 8.48. The van der Waals surface area contributed by atoms with Gasteiger partial charge in [0.15, 0.2) is 0 Å². The van der Waals surface area contributed by atoms with Crippen molar-refractivity contribution in [1.29, 1.82) is 0 Å². The van der Waals surface area contributed by atoms with Gasteiger partial charge in [-0.3, -0.25) is 13.7 Å². The number of hydrogen-bond acceptors (Lipinski definition) is 16. The van der Waals surface area contributed by atoms with Crippen molar-refractivity contribution in [3.8, 4) is 11.1 Å². The molecule has 0 saturated heterocycles. The lowest BCUT2D eigenvalue weighted by atomic mass is 10.0. The van der Waals surface area contributed by atoms with Crippen LogP contribution in [0.4, 0.5) is 56.9 Å². The van der Waals surface area contributed by atoms with Crippen LogP contribution in [0.25, 0.3) is 32.7 Å². The van der Waals surface area contributed by atoms with Crippen molar-refractivity contribution >= 4 is 109 Å². The summed E-state index contributed by atoms with van der Waals surface area (Å²) < 4.78 is 103. The molecule has 22 heteroatoms. The van der Waals surface area contributed by atoms with Crippen molar-refractivity contribution in [2.45, 2.75) is 14.7 Å². The Morgan fingerprint density at radius 1 is 0.348 bits per heavy atom. The van der Waals surface area contributed by atoms with E-state index in [-0.39, 0.29) is 27.5 Å². The third-order valence-electron chi connectivity index (χ3n) is 9.82. The Bertz CT molecular complexity index is 3700. The summed E-state index contributed by atoms with van der Waals surface area (Å²) in [6, 6.07) is 38.0. The number of rotatable bonds is 12. The average Bonchev–Trinajstić information content (AvgIpc) is 3.29. The Morgan fingerprint density at radius 2 is 0.773 bits per heavy atom. The Morgan fingerprint density at radius 3 is 1.35 bits per heavy atom. The number of fused-ring (bicyclic) bond motifs is 2. The lowest BCUT2D eigenvalue weighted by Gasteiger charge is -2.08. The standard InChI is InChI=1S/C44H32N10O9S3/c45-38-18-21-40(36-4-2-1-3-34(36)38)53-54-42-20-14-31(24-44(42)66(61,62)63)51-47-27-7-5-26(6-8-27)33-16-13-30(23-43(33)65(58,59)60)50-48-28-9-11-29(12-10-28)49-52-41-22-19-39(46)35-17-15-32(25-37(35)41)64(55,56)57/h1-25H,45-46H2,(H,55,56,57)(H,58,59,60)(H,61,62,63). The quantitative estimate of drug-likeness (QED) is 0.0435. The summed E-state index contributed by atoms with van der Waals surface area (Å²) >= 11 is 0. The first-order valence-electron chi connectivity index (χ1n) is 19.1. The van der Waals surface area contributed by atoms with Crippen LogP contribution in [0.2, 0.25) is 0 Å². The van der Waals surface area contributed by atoms with E-state index in [2.05, 4.69) is 40.9 Å². The summed E-state index contributed by atoms with van der Waals surface area (Å²) in [5.41, 5.74) is 15.4. The summed E-state index contributed by atoms with van der Waals surface area (Å²) in [6.07, 6.45) is 0. The van der Waals surface area contributed by atoms with Gasteiger partial charge in [0.1, 0.15) is 15.5 Å². The second-order valence-corrected chi connectivity index (χ2v) is 18.4. The van der Waals surface area contributed by atoms with Crippen LogP contribution in [-0.2, 0) is 30.4 Å². The van der Waals surface area contributed by atoms with Crippen molar-refractivity contribution in [3.63, 3.8) is 0 Å². The predicted molar refractivity (Wildman–Crippen MR) is 248 cm³/mol. The van der Waals surface area contributed by atoms with Gasteiger partial charge in [-0.05, 0) is 109 Å². The third-order valence-corrected chi connectivity index (χ3v) is 12.5. The van der Waals surface area contributed by atoms with E-state index in [1.165, 1.54) is 54.6 Å². The summed E-state index contributed by atoms with van der Waals surface area (Å²) in [5, 5.41) is 35.6. The van der Waals surface area contributed by atoms with Crippen LogP contribution in [0.3, 0.4) is 0 Å². The average molecular weight is 941 g/mol. The summed E-state index contributed by atoms with van der Waals surface area (Å²) in [5.74, 6) is 0. The highest BCUT2D eigenvalue weighted by atomic mass is 32.2. The molecule has 0 heterocycles. The normalized spacial score (nSPS) is 12.7. The van der Waals surface area contributed by atoms with E-state index in [1.807, 2.05) is 12.1 Å². The maximum atomic E-state index is 12.5. The van der Waals surface area contributed by atoms with Crippen LogP contribution in [0, 0.1) is 0 Å². The number of azo groups is 4. The summed E-state index contributed by atoms with van der Waals surface area (Å²) in [4.78, 5) is -1.32. The molecule has 0 atom stereocenters. The van der Waals surface area contributed by atoms with Gasteiger partial charge in [-0.1, -0.05) is 48.5 Å². The number of anilines is 2. The van der Waals surface area contributed by atoms with Crippen molar-refractivity contribution in [1.82, 2.24) is 0 Å². The second-order valence-electron chi connectivity index (χ2n) is 14.2. The fourth-order valence-electron chi connectivity index (χ4n) is 6.60. The van der Waals surface area contributed by atoms with Gasteiger partial charge >= 0.3 is 0 Å². The molecule has 330 valence electrons. The van der Waals surface area contributed by atoms with E-state index in [0.29, 0.717) is 61.5 Å². The molecule has 0 aliphatic rings. The maximum absolute atomic E-state index is 12.5. The molecule has 8 aromatic rings. The number of nitrogens with two attached hydrogens (primary N) is 2. The van der Waals surface area contributed by atoms with Gasteiger partial charge in [0.05, 0.1) is 44.7 Å². The molecule has 0 unspecified atom stereocenters. The molecule has 19 nitrogen and oxygen atoms in total.